The lowest BCUT2D eigenvalue weighted by atomic mass is 9.97. The van der Waals surface area contributed by atoms with Crippen molar-refractivity contribution in [1.29, 1.82) is 5.26 Å². The molecule has 0 spiro atoms. The van der Waals surface area contributed by atoms with Crippen molar-refractivity contribution in [2.75, 3.05) is 0 Å². The highest BCUT2D eigenvalue weighted by Gasteiger charge is 2.20. The molecule has 0 aliphatic carbocycles. The summed E-state index contributed by atoms with van der Waals surface area (Å²) in [6, 6.07) is 11.9. The van der Waals surface area contributed by atoms with Crippen LogP contribution in [-0.2, 0) is 0 Å². The fourth-order valence-corrected chi connectivity index (χ4v) is 1.51. The molecule has 1 rings (SSSR count). The van der Waals surface area contributed by atoms with Crippen molar-refractivity contribution >= 4 is 12.4 Å². The van der Waals surface area contributed by atoms with Gasteiger partial charge in [-0.15, -0.1) is 12.4 Å². The van der Waals surface area contributed by atoms with Gasteiger partial charge in [-0.25, -0.2) is 0 Å². The van der Waals surface area contributed by atoms with Gasteiger partial charge >= 0.3 is 0 Å². The van der Waals surface area contributed by atoms with Gasteiger partial charge in [0.1, 0.15) is 0 Å². The molecule has 0 saturated carbocycles. The lowest BCUT2D eigenvalue weighted by Gasteiger charge is -2.28. The molecular weight excluding hydrogens is 232 g/mol. The van der Waals surface area contributed by atoms with E-state index >= 15 is 0 Å². The summed E-state index contributed by atoms with van der Waals surface area (Å²) < 4.78 is 0. The molecule has 17 heavy (non-hydrogen) atoms. The normalized spacial score (nSPS) is 12.1. The van der Waals surface area contributed by atoms with E-state index in [4.69, 9.17) is 5.26 Å². The first kappa shape index (κ1) is 15.7. The van der Waals surface area contributed by atoms with Gasteiger partial charge in [-0.3, -0.25) is 0 Å². The van der Waals surface area contributed by atoms with Gasteiger partial charge in [0, 0.05) is 11.1 Å². The van der Waals surface area contributed by atoms with Gasteiger partial charge < -0.3 is 5.32 Å². The molecule has 0 aromatic heterocycles. The van der Waals surface area contributed by atoms with Crippen LogP contribution in [0.4, 0.5) is 0 Å². The molecule has 0 fully saturated rings. The summed E-state index contributed by atoms with van der Waals surface area (Å²) in [7, 11) is 0. The molecule has 0 radical (unpaired) electrons. The molecule has 0 aliphatic heterocycles. The van der Waals surface area contributed by atoms with Crippen molar-refractivity contribution in [2.24, 2.45) is 0 Å². The Morgan fingerprint density at radius 3 is 2.24 bits per heavy atom. The van der Waals surface area contributed by atoms with Crippen LogP contribution in [0, 0.1) is 11.3 Å². The predicted octanol–water partition coefficient (Wildman–Crippen LogP) is 3.62. The van der Waals surface area contributed by atoms with Gasteiger partial charge in [0.05, 0.1) is 12.1 Å². The van der Waals surface area contributed by atoms with Crippen LogP contribution in [0.3, 0.4) is 0 Å². The Balaban J connectivity index is 0.00000256. The molecule has 0 saturated heterocycles. The summed E-state index contributed by atoms with van der Waals surface area (Å²) in [5, 5.41) is 12.4. The Morgan fingerprint density at radius 1 is 1.29 bits per heavy atom. The summed E-state index contributed by atoms with van der Waals surface area (Å²) in [6.07, 6.45) is 0. The second-order valence-electron chi connectivity index (χ2n) is 4.88. The van der Waals surface area contributed by atoms with Gasteiger partial charge in [0.15, 0.2) is 0 Å². The van der Waals surface area contributed by atoms with Crippen molar-refractivity contribution < 1.29 is 0 Å². The van der Waals surface area contributed by atoms with E-state index in [1.54, 1.807) is 0 Å². The van der Waals surface area contributed by atoms with Crippen LogP contribution >= 0.6 is 12.4 Å². The van der Waals surface area contributed by atoms with Gasteiger partial charge in [0.2, 0.25) is 0 Å². The minimum absolute atomic E-state index is 0. The summed E-state index contributed by atoms with van der Waals surface area (Å²) in [5.41, 5.74) is 1.56. The zero-order valence-corrected chi connectivity index (χ0v) is 11.3. The molecule has 1 atom stereocenters. The fourth-order valence-electron chi connectivity index (χ4n) is 1.51. The number of nitrogens with one attached hydrogen (secondary N) is 1. The molecular formula is C14H19ClN2. The topological polar surface area (TPSA) is 35.8 Å². The van der Waals surface area contributed by atoms with E-state index in [1.165, 1.54) is 0 Å². The van der Waals surface area contributed by atoms with Gasteiger partial charge in [-0.2, -0.15) is 5.26 Å². The molecule has 1 aromatic carbocycles. The number of benzene rings is 1. The number of halogens is 1. The van der Waals surface area contributed by atoms with Crippen molar-refractivity contribution in [2.45, 2.75) is 32.4 Å². The molecule has 0 bridgehead atoms. The molecule has 1 aromatic rings. The third kappa shape index (κ3) is 5.04. The van der Waals surface area contributed by atoms with Gasteiger partial charge in [-0.05, 0) is 26.3 Å². The first-order valence-electron chi connectivity index (χ1n) is 5.35. The quantitative estimate of drug-likeness (QED) is 0.832. The second kappa shape index (κ2) is 6.44. The highest BCUT2D eigenvalue weighted by atomic mass is 35.5. The van der Waals surface area contributed by atoms with Crippen molar-refractivity contribution in [3.8, 4) is 6.07 Å². The Morgan fingerprint density at radius 2 is 1.82 bits per heavy atom. The van der Waals surface area contributed by atoms with Crippen LogP contribution in [0.2, 0.25) is 0 Å². The number of hydrogen-bond acceptors (Lipinski definition) is 2. The van der Waals surface area contributed by atoms with E-state index in [1.807, 2.05) is 30.3 Å². The summed E-state index contributed by atoms with van der Waals surface area (Å²) in [5.74, 6) is 0. The monoisotopic (exact) mass is 250 g/mol. The average molecular weight is 251 g/mol. The first-order valence-corrected chi connectivity index (χ1v) is 5.35. The number of rotatable bonds is 3. The Bertz CT molecular complexity index is 398. The van der Waals surface area contributed by atoms with Crippen LogP contribution in [0.5, 0.6) is 0 Å². The van der Waals surface area contributed by atoms with Gasteiger partial charge in [-0.1, -0.05) is 36.9 Å². The first-order chi connectivity index (χ1) is 7.44. The Hall–Kier alpha value is -1.30. The molecule has 0 amide bonds. The predicted molar refractivity (Wildman–Crippen MR) is 74.1 cm³/mol. The third-order valence-electron chi connectivity index (χ3n) is 2.20. The van der Waals surface area contributed by atoms with Crippen LogP contribution < -0.4 is 5.32 Å². The standard InChI is InChI=1S/C14H18N2.ClH/c1-11(10-15)13(16-14(2,3)4)12-8-6-5-7-9-12;/h5-9,13,16H,1H2,2-4H3;1H. The van der Waals surface area contributed by atoms with Crippen LogP contribution in [-0.4, -0.2) is 5.54 Å². The maximum atomic E-state index is 8.97. The van der Waals surface area contributed by atoms with E-state index in [0.29, 0.717) is 5.57 Å². The van der Waals surface area contributed by atoms with Crippen LogP contribution in [0.25, 0.3) is 0 Å². The number of hydrogen-bond donors (Lipinski definition) is 1. The second-order valence-corrected chi connectivity index (χ2v) is 4.88. The zero-order chi connectivity index (χ0) is 12.2. The minimum Gasteiger partial charge on any atom is -0.301 e. The highest BCUT2D eigenvalue weighted by Crippen LogP contribution is 2.22. The largest absolute Gasteiger partial charge is 0.301 e. The number of nitriles is 1. The molecule has 92 valence electrons. The molecule has 0 aliphatic rings. The van der Waals surface area contributed by atoms with Crippen molar-refractivity contribution in [3.05, 3.63) is 48.0 Å². The fraction of sp³-hybridized carbons (Fsp3) is 0.357. The minimum atomic E-state index is -0.105. The maximum absolute atomic E-state index is 8.97. The van der Waals surface area contributed by atoms with Crippen LogP contribution in [0.1, 0.15) is 32.4 Å². The summed E-state index contributed by atoms with van der Waals surface area (Å²) in [6.45, 7) is 10.0. The van der Waals surface area contributed by atoms with E-state index in [-0.39, 0.29) is 24.0 Å². The average Bonchev–Trinajstić information content (AvgIpc) is 2.25. The van der Waals surface area contributed by atoms with Crippen LogP contribution in [0.15, 0.2) is 42.5 Å². The SMILES string of the molecule is C=C(C#N)C(NC(C)(C)C)c1ccccc1.Cl. The number of nitrogens with zero attached hydrogens (tertiary/aromatic N) is 1. The maximum Gasteiger partial charge on any atom is 0.0961 e. The summed E-state index contributed by atoms with van der Waals surface area (Å²) in [4.78, 5) is 0. The van der Waals surface area contributed by atoms with E-state index in [0.717, 1.165) is 5.56 Å². The third-order valence-corrected chi connectivity index (χ3v) is 2.20. The molecule has 3 heteroatoms. The Kier molecular flexibility index (Phi) is 5.95. The van der Waals surface area contributed by atoms with Gasteiger partial charge in [0.25, 0.3) is 0 Å². The zero-order valence-electron chi connectivity index (χ0n) is 10.5. The Labute approximate surface area is 110 Å². The van der Waals surface area contributed by atoms with Crippen molar-refractivity contribution in [1.82, 2.24) is 5.32 Å². The lowest BCUT2D eigenvalue weighted by Crippen LogP contribution is -2.39. The van der Waals surface area contributed by atoms with E-state index < -0.39 is 0 Å². The van der Waals surface area contributed by atoms with E-state index in [9.17, 15) is 0 Å². The lowest BCUT2D eigenvalue weighted by molar-refractivity contribution is 0.392. The summed E-state index contributed by atoms with van der Waals surface area (Å²) >= 11 is 0. The molecule has 0 heterocycles. The molecule has 1 N–H and O–H groups in total. The molecule has 2 nitrogen and oxygen atoms in total. The van der Waals surface area contributed by atoms with Crippen molar-refractivity contribution in [3.63, 3.8) is 0 Å². The smallest absolute Gasteiger partial charge is 0.0961 e. The highest BCUT2D eigenvalue weighted by molar-refractivity contribution is 5.85. The van der Waals surface area contributed by atoms with E-state index in [2.05, 4.69) is 38.7 Å². The molecule has 1 unspecified atom stereocenters.